The molecule has 0 N–H and O–H groups in total. The summed E-state index contributed by atoms with van der Waals surface area (Å²) in [5, 5.41) is 0. The third-order valence-electron chi connectivity index (χ3n) is 0.655. The van der Waals surface area contributed by atoms with E-state index in [-0.39, 0.29) is 43.4 Å². The van der Waals surface area contributed by atoms with E-state index in [2.05, 4.69) is 24.3 Å². The van der Waals surface area contributed by atoms with Crippen LogP contribution in [0.2, 0.25) is 0 Å². The zero-order valence-corrected chi connectivity index (χ0v) is 7.13. The van der Waals surface area contributed by atoms with E-state index >= 15 is 0 Å². The van der Waals surface area contributed by atoms with Crippen LogP contribution in [0.4, 0.5) is 0 Å². The Hall–Kier alpha value is 0.644. The zero-order valence-electron chi connectivity index (χ0n) is 4.22. The number of allylic oxidation sites excluding steroid dienone is 4. The van der Waals surface area contributed by atoms with E-state index in [0.717, 1.165) is 6.42 Å². The minimum absolute atomic E-state index is 0. The molecule has 0 nitrogen and oxygen atoms in total. The molecule has 0 unspecified atom stereocenters. The molecule has 0 aromatic carbocycles. The van der Waals surface area contributed by atoms with Gasteiger partial charge in [0.25, 0.3) is 0 Å². The van der Waals surface area contributed by atoms with Gasteiger partial charge in [0.1, 0.15) is 0 Å². The van der Waals surface area contributed by atoms with Crippen molar-refractivity contribution in [2.24, 2.45) is 0 Å². The molecular formula is C5H6Cl2V. The Morgan fingerprint density at radius 1 is 0.875 bits per heavy atom. The molecule has 0 aromatic rings. The Kier molecular flexibility index (Phi) is 21.0. The molecule has 0 aliphatic heterocycles. The molecule has 0 saturated carbocycles. The Labute approximate surface area is 74.1 Å². The maximum absolute atomic E-state index is 2.12. The summed E-state index contributed by atoms with van der Waals surface area (Å²) in [6.07, 6.45) is 9.50. The second kappa shape index (κ2) is 10.6. The Morgan fingerprint density at radius 3 is 1.38 bits per heavy atom. The van der Waals surface area contributed by atoms with Crippen LogP contribution < -0.4 is 24.8 Å². The second-order valence-corrected chi connectivity index (χ2v) is 1.09. The number of rotatable bonds is 0. The fourth-order valence-corrected chi connectivity index (χ4v) is 0.393. The van der Waals surface area contributed by atoms with Gasteiger partial charge in [0, 0.05) is 0 Å². The standard InChI is InChI=1S/C5H6.2ClH.V/c1-2-4-5-3-1;;;/h1-4H,5H2;2*1H;/q;;;+2/p-2. The van der Waals surface area contributed by atoms with Gasteiger partial charge in [0.05, 0.1) is 0 Å². The SMILES string of the molecule is C1=CCC=C1.[Cl-].[Cl-].[V+2]. The van der Waals surface area contributed by atoms with Gasteiger partial charge in [-0.3, -0.25) is 0 Å². The van der Waals surface area contributed by atoms with Crippen LogP contribution in [0, 0.1) is 0 Å². The van der Waals surface area contributed by atoms with Gasteiger partial charge >= 0.3 is 18.6 Å². The van der Waals surface area contributed by atoms with Crippen LogP contribution >= 0.6 is 0 Å². The van der Waals surface area contributed by atoms with Crippen molar-refractivity contribution >= 4 is 0 Å². The topological polar surface area (TPSA) is 0 Å². The minimum atomic E-state index is 0. The molecule has 0 spiro atoms. The first-order chi connectivity index (χ1) is 2.50. The van der Waals surface area contributed by atoms with Crippen LogP contribution in [0.1, 0.15) is 6.42 Å². The predicted octanol–water partition coefficient (Wildman–Crippen LogP) is -4.49. The molecule has 1 aliphatic carbocycles. The quantitative estimate of drug-likeness (QED) is 0.359. The number of hydrogen-bond donors (Lipinski definition) is 0. The largest absolute Gasteiger partial charge is 2.00 e. The molecule has 1 radical (unpaired) electrons. The van der Waals surface area contributed by atoms with Gasteiger partial charge in [0.2, 0.25) is 0 Å². The van der Waals surface area contributed by atoms with Crippen molar-refractivity contribution in [1.82, 2.24) is 0 Å². The first-order valence-electron chi connectivity index (χ1n) is 1.82. The van der Waals surface area contributed by atoms with Crippen LogP contribution in [0.3, 0.4) is 0 Å². The summed E-state index contributed by atoms with van der Waals surface area (Å²) in [6, 6.07) is 0. The van der Waals surface area contributed by atoms with Crippen molar-refractivity contribution in [2.45, 2.75) is 6.42 Å². The van der Waals surface area contributed by atoms with E-state index in [4.69, 9.17) is 0 Å². The van der Waals surface area contributed by atoms with Gasteiger partial charge in [-0.05, 0) is 6.42 Å². The molecule has 0 atom stereocenters. The second-order valence-electron chi connectivity index (χ2n) is 1.09. The molecule has 45 valence electrons. The summed E-state index contributed by atoms with van der Waals surface area (Å²) in [4.78, 5) is 0. The first-order valence-corrected chi connectivity index (χ1v) is 1.82. The van der Waals surface area contributed by atoms with Crippen LogP contribution in [0.15, 0.2) is 24.3 Å². The normalized spacial score (nSPS) is 11.0. The van der Waals surface area contributed by atoms with Crippen molar-refractivity contribution in [2.75, 3.05) is 0 Å². The third-order valence-corrected chi connectivity index (χ3v) is 0.655. The molecule has 0 bridgehead atoms. The summed E-state index contributed by atoms with van der Waals surface area (Å²) >= 11 is 0. The van der Waals surface area contributed by atoms with Crippen molar-refractivity contribution in [3.63, 3.8) is 0 Å². The van der Waals surface area contributed by atoms with E-state index in [1.54, 1.807) is 0 Å². The fraction of sp³-hybridized carbons (Fsp3) is 0.200. The zero-order chi connectivity index (χ0) is 3.54. The van der Waals surface area contributed by atoms with Crippen LogP contribution in [0.5, 0.6) is 0 Å². The van der Waals surface area contributed by atoms with E-state index < -0.39 is 0 Å². The molecule has 3 heteroatoms. The van der Waals surface area contributed by atoms with Crippen molar-refractivity contribution in [3.05, 3.63) is 24.3 Å². The van der Waals surface area contributed by atoms with E-state index in [9.17, 15) is 0 Å². The predicted molar refractivity (Wildman–Crippen MR) is 22.9 cm³/mol. The van der Waals surface area contributed by atoms with E-state index in [1.807, 2.05) is 0 Å². The summed E-state index contributed by atoms with van der Waals surface area (Å²) in [7, 11) is 0. The number of halogens is 2. The van der Waals surface area contributed by atoms with Gasteiger partial charge < -0.3 is 24.8 Å². The van der Waals surface area contributed by atoms with Crippen molar-refractivity contribution in [1.29, 1.82) is 0 Å². The smallest absolute Gasteiger partial charge is 1.00 e. The summed E-state index contributed by atoms with van der Waals surface area (Å²) < 4.78 is 0. The van der Waals surface area contributed by atoms with Crippen molar-refractivity contribution < 1.29 is 43.4 Å². The molecule has 0 amide bonds. The van der Waals surface area contributed by atoms with Crippen LogP contribution in [-0.2, 0) is 18.6 Å². The van der Waals surface area contributed by atoms with Gasteiger partial charge in [-0.2, -0.15) is 0 Å². The summed E-state index contributed by atoms with van der Waals surface area (Å²) in [5.74, 6) is 0. The monoisotopic (exact) mass is 187 g/mol. The van der Waals surface area contributed by atoms with E-state index in [1.165, 1.54) is 0 Å². The van der Waals surface area contributed by atoms with Gasteiger partial charge in [-0.15, -0.1) is 0 Å². The Balaban J connectivity index is -0.0000000833. The molecule has 0 fully saturated rings. The maximum Gasteiger partial charge on any atom is 2.00 e. The molecule has 1 rings (SSSR count). The average Bonchev–Trinajstić information content (AvgIpc) is 1.76. The molecule has 0 saturated heterocycles. The molecule has 1 aliphatic rings. The summed E-state index contributed by atoms with van der Waals surface area (Å²) in [6.45, 7) is 0. The third kappa shape index (κ3) is 6.64. The summed E-state index contributed by atoms with van der Waals surface area (Å²) in [5.41, 5.74) is 0. The molecule has 0 heterocycles. The van der Waals surface area contributed by atoms with E-state index in [0.29, 0.717) is 0 Å². The molecule has 0 aromatic heterocycles. The van der Waals surface area contributed by atoms with Crippen LogP contribution in [0.25, 0.3) is 0 Å². The van der Waals surface area contributed by atoms with Gasteiger partial charge in [-0.25, -0.2) is 0 Å². The van der Waals surface area contributed by atoms with Gasteiger partial charge in [0.15, 0.2) is 0 Å². The minimum Gasteiger partial charge on any atom is -1.00 e. The van der Waals surface area contributed by atoms with Crippen molar-refractivity contribution in [3.8, 4) is 0 Å². The maximum atomic E-state index is 2.12. The molecule has 8 heavy (non-hydrogen) atoms. The average molecular weight is 188 g/mol. The van der Waals surface area contributed by atoms with Crippen LogP contribution in [-0.4, -0.2) is 0 Å². The fourth-order valence-electron chi connectivity index (χ4n) is 0.393. The first kappa shape index (κ1) is 15.9. The molecular weight excluding hydrogens is 182 g/mol. The Bertz CT molecular complexity index is 68.5. The van der Waals surface area contributed by atoms with Gasteiger partial charge in [-0.1, -0.05) is 24.3 Å². The Morgan fingerprint density at radius 2 is 1.25 bits per heavy atom. The number of hydrogen-bond acceptors (Lipinski definition) is 0.